The number of hydrogen-bond donors (Lipinski definition) is 1. The Balaban J connectivity index is 1.24. The van der Waals surface area contributed by atoms with E-state index >= 15 is 0 Å². The lowest BCUT2D eigenvalue weighted by Gasteiger charge is -2.36. The molecule has 2 aromatic carbocycles. The van der Waals surface area contributed by atoms with Gasteiger partial charge in [-0.1, -0.05) is 12.1 Å². The number of nitrogens with zero attached hydrogens (tertiary/aromatic N) is 2. The molecule has 0 spiro atoms. The van der Waals surface area contributed by atoms with E-state index in [1.54, 1.807) is 0 Å². The van der Waals surface area contributed by atoms with E-state index in [1.807, 2.05) is 18.2 Å². The molecule has 1 aliphatic heterocycles. The first-order valence-corrected chi connectivity index (χ1v) is 10.9. The van der Waals surface area contributed by atoms with E-state index in [9.17, 15) is 4.79 Å². The molecule has 5 nitrogen and oxygen atoms in total. The van der Waals surface area contributed by atoms with E-state index in [2.05, 4.69) is 52.2 Å². The smallest absolute Gasteiger partial charge is 0.337 e. The molecule has 4 rings (SSSR count). The molecule has 0 radical (unpaired) electrons. The van der Waals surface area contributed by atoms with E-state index < -0.39 is 0 Å². The molecule has 2 heterocycles. The topological polar surface area (TPSA) is 48.6 Å². The summed E-state index contributed by atoms with van der Waals surface area (Å²) in [6.07, 6.45) is 5.43. The van der Waals surface area contributed by atoms with Crippen molar-refractivity contribution in [1.29, 1.82) is 0 Å². The van der Waals surface area contributed by atoms with Gasteiger partial charge in [0.1, 0.15) is 0 Å². The lowest BCUT2D eigenvalue weighted by molar-refractivity contribution is 0.0601. The average Bonchev–Trinajstić information content (AvgIpc) is 3.19. The van der Waals surface area contributed by atoms with Gasteiger partial charge in [-0.05, 0) is 74.2 Å². The first-order chi connectivity index (χ1) is 14.6. The van der Waals surface area contributed by atoms with Crippen molar-refractivity contribution in [2.75, 3.05) is 44.7 Å². The Morgan fingerprint density at radius 2 is 1.90 bits per heavy atom. The van der Waals surface area contributed by atoms with Crippen LogP contribution in [-0.2, 0) is 11.2 Å². The highest BCUT2D eigenvalue weighted by atomic mass is 16.5. The Morgan fingerprint density at radius 1 is 1.07 bits per heavy atom. The number of fused-ring (bicyclic) bond motifs is 1. The van der Waals surface area contributed by atoms with Crippen LogP contribution >= 0.6 is 0 Å². The molecule has 5 heteroatoms. The lowest BCUT2D eigenvalue weighted by Crippen LogP contribution is -2.46. The molecule has 1 fully saturated rings. The van der Waals surface area contributed by atoms with Crippen molar-refractivity contribution in [2.24, 2.45) is 0 Å². The molecule has 1 N–H and O–H groups in total. The maximum atomic E-state index is 11.8. The molecule has 3 aromatic rings. The van der Waals surface area contributed by atoms with Gasteiger partial charge in [0.05, 0.1) is 12.7 Å². The van der Waals surface area contributed by atoms with Gasteiger partial charge in [-0.25, -0.2) is 4.79 Å². The first kappa shape index (κ1) is 20.5. The summed E-state index contributed by atoms with van der Waals surface area (Å²) in [4.78, 5) is 20.2. The minimum Gasteiger partial charge on any atom is -0.465 e. The zero-order chi connectivity index (χ0) is 20.9. The normalized spacial score (nSPS) is 14.9. The second kappa shape index (κ2) is 9.35. The van der Waals surface area contributed by atoms with Crippen LogP contribution < -0.4 is 4.90 Å². The van der Waals surface area contributed by atoms with Crippen molar-refractivity contribution in [2.45, 2.75) is 26.2 Å². The molecular weight excluding hydrogens is 374 g/mol. The second-order valence-electron chi connectivity index (χ2n) is 8.19. The standard InChI is InChI=1S/C25H31N3O2/c1-19-6-5-8-22(16-19)28-14-12-27(13-15-28)11-4-3-7-21-18-26-24-10-9-20(17-23(21)24)25(29)30-2/h5-6,8-10,16-18,26H,3-4,7,11-15H2,1-2H3. The van der Waals surface area contributed by atoms with E-state index in [0.717, 1.165) is 56.5 Å². The molecule has 0 atom stereocenters. The highest BCUT2D eigenvalue weighted by molar-refractivity contribution is 5.95. The van der Waals surface area contributed by atoms with Gasteiger partial charge in [0.15, 0.2) is 0 Å². The number of rotatable bonds is 7. The number of H-pyrrole nitrogens is 1. The van der Waals surface area contributed by atoms with E-state index in [4.69, 9.17) is 4.74 Å². The molecule has 30 heavy (non-hydrogen) atoms. The Bertz CT molecular complexity index is 1000. The fourth-order valence-electron chi connectivity index (χ4n) is 4.34. The van der Waals surface area contributed by atoms with E-state index in [-0.39, 0.29) is 5.97 Å². The van der Waals surface area contributed by atoms with Gasteiger partial charge in [0, 0.05) is 49.0 Å². The largest absolute Gasteiger partial charge is 0.465 e. The maximum absolute atomic E-state index is 11.8. The predicted octanol–water partition coefficient (Wildman–Crippen LogP) is 4.41. The lowest BCUT2D eigenvalue weighted by atomic mass is 10.0. The quantitative estimate of drug-likeness (QED) is 0.467. The summed E-state index contributed by atoms with van der Waals surface area (Å²) in [6, 6.07) is 14.5. The van der Waals surface area contributed by atoms with Gasteiger partial charge in [-0.15, -0.1) is 0 Å². The second-order valence-corrected chi connectivity index (χ2v) is 8.19. The SMILES string of the molecule is COC(=O)c1ccc2[nH]cc(CCCCN3CCN(c4cccc(C)c4)CC3)c2c1. The zero-order valence-electron chi connectivity index (χ0n) is 18.0. The summed E-state index contributed by atoms with van der Waals surface area (Å²) >= 11 is 0. The summed E-state index contributed by atoms with van der Waals surface area (Å²) < 4.78 is 4.85. The summed E-state index contributed by atoms with van der Waals surface area (Å²) in [5, 5.41) is 1.13. The summed E-state index contributed by atoms with van der Waals surface area (Å²) in [5.74, 6) is -0.283. The minimum atomic E-state index is -0.283. The molecule has 0 aliphatic carbocycles. The van der Waals surface area contributed by atoms with Crippen LogP contribution in [-0.4, -0.2) is 55.7 Å². The van der Waals surface area contributed by atoms with Crippen molar-refractivity contribution in [1.82, 2.24) is 9.88 Å². The van der Waals surface area contributed by atoms with Crippen LogP contribution in [0, 0.1) is 6.92 Å². The molecule has 0 saturated carbocycles. The van der Waals surface area contributed by atoms with Crippen LogP contribution in [0.1, 0.15) is 34.3 Å². The number of hydrogen-bond acceptors (Lipinski definition) is 4. The number of anilines is 1. The number of benzene rings is 2. The van der Waals surface area contributed by atoms with Crippen molar-refractivity contribution < 1.29 is 9.53 Å². The van der Waals surface area contributed by atoms with Crippen LogP contribution in [0.25, 0.3) is 10.9 Å². The molecule has 1 saturated heterocycles. The van der Waals surface area contributed by atoms with Crippen LogP contribution in [0.3, 0.4) is 0 Å². The van der Waals surface area contributed by atoms with Gasteiger partial charge >= 0.3 is 5.97 Å². The molecule has 1 aliphatic rings. The van der Waals surface area contributed by atoms with Gasteiger partial charge in [0.2, 0.25) is 0 Å². The zero-order valence-corrected chi connectivity index (χ0v) is 18.0. The van der Waals surface area contributed by atoms with Crippen LogP contribution in [0.5, 0.6) is 0 Å². The summed E-state index contributed by atoms with van der Waals surface area (Å²) in [6.45, 7) is 7.76. The first-order valence-electron chi connectivity index (χ1n) is 10.9. The number of methoxy groups -OCH3 is 1. The molecule has 0 unspecified atom stereocenters. The van der Waals surface area contributed by atoms with Crippen molar-refractivity contribution in [3.63, 3.8) is 0 Å². The van der Waals surface area contributed by atoms with Crippen molar-refractivity contribution in [3.8, 4) is 0 Å². The molecule has 0 bridgehead atoms. The number of unbranched alkanes of at least 4 members (excludes halogenated alkanes) is 1. The summed E-state index contributed by atoms with van der Waals surface area (Å²) in [5.41, 5.74) is 5.63. The number of carbonyl (C=O) groups excluding carboxylic acids is 1. The van der Waals surface area contributed by atoms with Gasteiger partial charge in [0.25, 0.3) is 0 Å². The predicted molar refractivity (Wildman–Crippen MR) is 122 cm³/mol. The molecule has 0 amide bonds. The molecule has 1 aromatic heterocycles. The third-order valence-electron chi connectivity index (χ3n) is 6.10. The number of ether oxygens (including phenoxy) is 1. The van der Waals surface area contributed by atoms with Gasteiger partial charge < -0.3 is 14.6 Å². The van der Waals surface area contributed by atoms with E-state index in [1.165, 1.54) is 30.3 Å². The fourth-order valence-corrected chi connectivity index (χ4v) is 4.34. The Labute approximate surface area is 178 Å². The highest BCUT2D eigenvalue weighted by Gasteiger charge is 2.17. The van der Waals surface area contributed by atoms with Crippen molar-refractivity contribution >= 4 is 22.6 Å². The molecular formula is C25H31N3O2. The number of aromatic nitrogens is 1. The van der Waals surface area contributed by atoms with Crippen LogP contribution in [0.15, 0.2) is 48.7 Å². The average molecular weight is 406 g/mol. The number of aryl methyl sites for hydroxylation is 2. The third kappa shape index (κ3) is 4.68. The maximum Gasteiger partial charge on any atom is 0.337 e. The summed E-state index contributed by atoms with van der Waals surface area (Å²) in [7, 11) is 1.42. The van der Waals surface area contributed by atoms with E-state index in [0.29, 0.717) is 5.56 Å². The third-order valence-corrected chi connectivity index (χ3v) is 6.10. The molecule has 158 valence electrons. The van der Waals surface area contributed by atoms with Crippen LogP contribution in [0.4, 0.5) is 5.69 Å². The number of carbonyl (C=O) groups is 1. The number of nitrogens with one attached hydrogen (secondary N) is 1. The minimum absolute atomic E-state index is 0.283. The fraction of sp³-hybridized carbons (Fsp3) is 0.400. The van der Waals surface area contributed by atoms with Gasteiger partial charge in [-0.2, -0.15) is 0 Å². The Kier molecular flexibility index (Phi) is 6.38. The van der Waals surface area contributed by atoms with Gasteiger partial charge in [-0.3, -0.25) is 4.90 Å². The number of esters is 1. The highest BCUT2D eigenvalue weighted by Crippen LogP contribution is 2.22. The van der Waals surface area contributed by atoms with Crippen LogP contribution in [0.2, 0.25) is 0 Å². The Morgan fingerprint density at radius 3 is 2.67 bits per heavy atom. The Hall–Kier alpha value is -2.79. The number of aromatic amines is 1. The monoisotopic (exact) mass is 405 g/mol. The number of piperazine rings is 1. The van der Waals surface area contributed by atoms with Crippen molar-refractivity contribution in [3.05, 3.63) is 65.4 Å².